The summed E-state index contributed by atoms with van der Waals surface area (Å²) in [6.45, 7) is 1.77. The van der Waals surface area contributed by atoms with Crippen LogP contribution in [0.25, 0.3) is 10.8 Å². The number of ether oxygens (including phenoxy) is 1. The molecule has 0 spiro atoms. The molecule has 0 amide bonds. The van der Waals surface area contributed by atoms with Crippen LogP contribution < -0.4 is 4.74 Å². The summed E-state index contributed by atoms with van der Waals surface area (Å²) in [5.74, 6) is 2.88. The molecule has 1 aromatic heterocycles. The predicted molar refractivity (Wildman–Crippen MR) is 63.5 cm³/mol. The zero-order valence-corrected chi connectivity index (χ0v) is 9.40. The normalized spacial score (nSPS) is 12.1. The van der Waals surface area contributed by atoms with Gasteiger partial charge < -0.3 is 4.74 Å². The maximum atomic E-state index is 5.93. The summed E-state index contributed by atoms with van der Waals surface area (Å²) in [6.07, 6.45) is 4.90. The van der Waals surface area contributed by atoms with E-state index in [4.69, 9.17) is 22.8 Å². The lowest BCUT2D eigenvalue weighted by molar-refractivity contribution is 0.268. The van der Waals surface area contributed by atoms with Gasteiger partial charge in [0.05, 0.1) is 0 Å². The van der Waals surface area contributed by atoms with Crippen molar-refractivity contribution < 1.29 is 4.74 Å². The Morgan fingerprint density at radius 2 is 2.00 bits per heavy atom. The van der Waals surface area contributed by atoms with Gasteiger partial charge in [-0.15, -0.1) is 16.6 Å². The number of hydrogen-bond donors (Lipinski definition) is 0. The van der Waals surface area contributed by atoms with E-state index in [-0.39, 0.29) is 6.10 Å². The smallest absolute Gasteiger partial charge is 0.242 e. The van der Waals surface area contributed by atoms with E-state index in [0.29, 0.717) is 11.0 Å². The summed E-state index contributed by atoms with van der Waals surface area (Å²) >= 11 is 5.93. The first-order valence-electron chi connectivity index (χ1n) is 4.76. The molecule has 1 heterocycles. The van der Waals surface area contributed by atoms with Gasteiger partial charge >= 0.3 is 0 Å². The molecule has 16 heavy (non-hydrogen) atoms. The van der Waals surface area contributed by atoms with Crippen molar-refractivity contribution in [1.82, 2.24) is 10.2 Å². The Morgan fingerprint density at radius 1 is 1.31 bits per heavy atom. The second kappa shape index (κ2) is 4.38. The third-order valence-corrected chi connectivity index (χ3v) is 2.41. The van der Waals surface area contributed by atoms with Crippen LogP contribution in [0.5, 0.6) is 5.88 Å². The van der Waals surface area contributed by atoms with Crippen LogP contribution in [0, 0.1) is 12.3 Å². The minimum Gasteiger partial charge on any atom is -0.460 e. The quantitative estimate of drug-likeness (QED) is 0.747. The maximum absolute atomic E-state index is 5.93. The van der Waals surface area contributed by atoms with Gasteiger partial charge in [0.1, 0.15) is 0 Å². The number of rotatable bonds is 2. The minimum absolute atomic E-state index is 0.348. The van der Waals surface area contributed by atoms with Crippen molar-refractivity contribution in [2.75, 3.05) is 0 Å². The summed E-state index contributed by atoms with van der Waals surface area (Å²) in [7, 11) is 0. The Balaban J connectivity index is 2.55. The van der Waals surface area contributed by atoms with E-state index in [1.165, 1.54) is 0 Å². The molecular formula is C12H9ClN2O. The lowest BCUT2D eigenvalue weighted by atomic mass is 10.2. The van der Waals surface area contributed by atoms with E-state index in [1.807, 2.05) is 24.3 Å². The van der Waals surface area contributed by atoms with Crippen LogP contribution in [0.2, 0.25) is 5.15 Å². The number of hydrogen-bond acceptors (Lipinski definition) is 3. The van der Waals surface area contributed by atoms with Crippen molar-refractivity contribution in [1.29, 1.82) is 0 Å². The SMILES string of the molecule is C#CC(C)Oc1nnc(Cl)c2ccccc12. The molecule has 0 aliphatic carbocycles. The molecule has 1 aromatic carbocycles. The summed E-state index contributed by atoms with van der Waals surface area (Å²) in [4.78, 5) is 0. The van der Waals surface area contributed by atoms with Gasteiger partial charge in [-0.25, -0.2) is 0 Å². The number of halogens is 1. The molecule has 0 bridgehead atoms. The topological polar surface area (TPSA) is 35.0 Å². The van der Waals surface area contributed by atoms with Crippen LogP contribution in [-0.2, 0) is 0 Å². The number of terminal acetylenes is 1. The molecule has 80 valence electrons. The van der Waals surface area contributed by atoms with Gasteiger partial charge in [-0.2, -0.15) is 0 Å². The average molecular weight is 233 g/mol. The molecule has 0 saturated carbocycles. The molecule has 0 radical (unpaired) electrons. The van der Waals surface area contributed by atoms with Crippen molar-refractivity contribution in [3.63, 3.8) is 0 Å². The van der Waals surface area contributed by atoms with Gasteiger partial charge in [-0.3, -0.25) is 0 Å². The fourth-order valence-corrected chi connectivity index (χ4v) is 1.54. The third kappa shape index (κ3) is 1.93. The van der Waals surface area contributed by atoms with Gasteiger partial charge in [-0.05, 0) is 13.0 Å². The van der Waals surface area contributed by atoms with E-state index in [2.05, 4.69) is 16.1 Å². The van der Waals surface area contributed by atoms with Gasteiger partial charge in [-0.1, -0.05) is 35.7 Å². The van der Waals surface area contributed by atoms with Crippen molar-refractivity contribution >= 4 is 22.4 Å². The fraction of sp³-hybridized carbons (Fsp3) is 0.167. The Kier molecular flexibility index (Phi) is 2.93. The monoisotopic (exact) mass is 232 g/mol. The lowest BCUT2D eigenvalue weighted by Crippen LogP contribution is -2.10. The molecule has 0 saturated heterocycles. The number of nitrogens with zero attached hydrogens (tertiary/aromatic N) is 2. The highest BCUT2D eigenvalue weighted by Gasteiger charge is 2.09. The van der Waals surface area contributed by atoms with E-state index < -0.39 is 0 Å². The summed E-state index contributed by atoms with van der Waals surface area (Å²) in [6, 6.07) is 7.49. The number of aromatic nitrogens is 2. The number of benzene rings is 1. The second-order valence-electron chi connectivity index (χ2n) is 3.27. The van der Waals surface area contributed by atoms with Gasteiger partial charge in [0, 0.05) is 10.8 Å². The molecule has 0 aliphatic heterocycles. The van der Waals surface area contributed by atoms with E-state index in [9.17, 15) is 0 Å². The molecule has 0 aliphatic rings. The van der Waals surface area contributed by atoms with Gasteiger partial charge in [0.2, 0.25) is 5.88 Å². The largest absolute Gasteiger partial charge is 0.460 e. The number of fused-ring (bicyclic) bond motifs is 1. The molecular weight excluding hydrogens is 224 g/mol. The summed E-state index contributed by atoms with van der Waals surface area (Å²) < 4.78 is 5.46. The average Bonchev–Trinajstić information content (AvgIpc) is 2.33. The van der Waals surface area contributed by atoms with Crippen molar-refractivity contribution in [2.45, 2.75) is 13.0 Å². The molecule has 2 rings (SSSR count). The Bertz CT molecular complexity index is 562. The lowest BCUT2D eigenvalue weighted by Gasteiger charge is -2.09. The van der Waals surface area contributed by atoms with E-state index in [1.54, 1.807) is 6.92 Å². The van der Waals surface area contributed by atoms with Crippen LogP contribution in [-0.4, -0.2) is 16.3 Å². The first-order valence-corrected chi connectivity index (χ1v) is 5.14. The predicted octanol–water partition coefficient (Wildman–Crippen LogP) is 2.68. The standard InChI is InChI=1S/C12H9ClN2O/c1-3-8(2)16-12-10-7-5-4-6-9(10)11(13)14-15-12/h1,4-8H,2H3. The van der Waals surface area contributed by atoms with Crippen LogP contribution in [0.3, 0.4) is 0 Å². The van der Waals surface area contributed by atoms with Crippen LogP contribution in [0.4, 0.5) is 0 Å². The van der Waals surface area contributed by atoms with Crippen LogP contribution in [0.1, 0.15) is 6.92 Å². The highest BCUT2D eigenvalue weighted by Crippen LogP contribution is 2.27. The highest BCUT2D eigenvalue weighted by atomic mass is 35.5. The first kappa shape index (κ1) is 10.7. The fourth-order valence-electron chi connectivity index (χ4n) is 1.34. The van der Waals surface area contributed by atoms with Gasteiger partial charge in [0.25, 0.3) is 0 Å². The molecule has 0 fully saturated rings. The highest BCUT2D eigenvalue weighted by molar-refractivity contribution is 6.34. The molecule has 2 aromatic rings. The Hall–Kier alpha value is -1.79. The minimum atomic E-state index is -0.348. The zero-order chi connectivity index (χ0) is 11.5. The summed E-state index contributed by atoms with van der Waals surface area (Å²) in [5, 5.41) is 9.68. The van der Waals surface area contributed by atoms with Crippen LogP contribution >= 0.6 is 11.6 Å². The zero-order valence-electron chi connectivity index (χ0n) is 8.64. The van der Waals surface area contributed by atoms with Crippen molar-refractivity contribution in [2.24, 2.45) is 0 Å². The molecule has 0 N–H and O–H groups in total. The van der Waals surface area contributed by atoms with E-state index >= 15 is 0 Å². The molecule has 3 nitrogen and oxygen atoms in total. The van der Waals surface area contributed by atoms with Crippen molar-refractivity contribution in [3.8, 4) is 18.2 Å². The third-order valence-electron chi connectivity index (χ3n) is 2.13. The Morgan fingerprint density at radius 3 is 2.69 bits per heavy atom. The Labute approximate surface area is 98.4 Å². The van der Waals surface area contributed by atoms with Gasteiger partial charge in [0.15, 0.2) is 11.3 Å². The molecule has 1 unspecified atom stereocenters. The first-order chi connectivity index (χ1) is 7.72. The molecule has 4 heteroatoms. The maximum Gasteiger partial charge on any atom is 0.242 e. The second-order valence-corrected chi connectivity index (χ2v) is 3.63. The molecule has 1 atom stereocenters. The summed E-state index contributed by atoms with van der Waals surface area (Å²) in [5.41, 5.74) is 0. The van der Waals surface area contributed by atoms with Crippen LogP contribution in [0.15, 0.2) is 24.3 Å². The van der Waals surface area contributed by atoms with E-state index in [0.717, 1.165) is 10.8 Å². The van der Waals surface area contributed by atoms with Crippen molar-refractivity contribution in [3.05, 3.63) is 29.4 Å².